The number of piperidine rings is 1. The van der Waals surface area contributed by atoms with Gasteiger partial charge in [-0.3, -0.25) is 9.59 Å². The third-order valence-corrected chi connectivity index (χ3v) is 7.99. The predicted molar refractivity (Wildman–Crippen MR) is 117 cm³/mol. The highest BCUT2D eigenvalue weighted by Gasteiger charge is 2.46. The summed E-state index contributed by atoms with van der Waals surface area (Å²) in [5.41, 5.74) is 2.85. The van der Waals surface area contributed by atoms with Gasteiger partial charge in [0.2, 0.25) is 5.91 Å². The summed E-state index contributed by atoms with van der Waals surface area (Å²) in [6, 6.07) is 12.5. The van der Waals surface area contributed by atoms with E-state index in [4.69, 9.17) is 4.74 Å². The number of rotatable bonds is 3. The number of hydrogen-bond donors (Lipinski definition) is 0. The van der Waals surface area contributed by atoms with Crippen molar-refractivity contribution in [2.24, 2.45) is 0 Å². The fourth-order valence-corrected chi connectivity index (χ4v) is 6.22. The standard InChI is InChI=1S/C24H28N2O3S/c27-22(25-11-13-29-14-12-25)16-18-17-24(20-5-2-1-4-19(18)20)7-9-26(10-8-24)23(28)21-6-3-15-30-21/h1-6,15,18H,7-14,16-17H2. The monoisotopic (exact) mass is 424 g/mol. The second kappa shape index (κ2) is 8.16. The molecular formula is C24H28N2O3S. The Bertz CT molecular complexity index is 912. The van der Waals surface area contributed by atoms with E-state index in [0.717, 1.165) is 37.2 Å². The second-order valence-electron chi connectivity index (χ2n) is 8.74. The van der Waals surface area contributed by atoms with Crippen molar-refractivity contribution >= 4 is 23.2 Å². The number of ether oxygens (including phenoxy) is 1. The maximum absolute atomic E-state index is 12.9. The summed E-state index contributed by atoms with van der Waals surface area (Å²) in [7, 11) is 0. The smallest absolute Gasteiger partial charge is 0.263 e. The first-order valence-electron chi connectivity index (χ1n) is 10.9. The molecule has 30 heavy (non-hydrogen) atoms. The van der Waals surface area contributed by atoms with E-state index < -0.39 is 0 Å². The van der Waals surface area contributed by atoms with Crippen LogP contribution in [-0.2, 0) is 14.9 Å². The van der Waals surface area contributed by atoms with E-state index in [1.165, 1.54) is 22.5 Å². The SMILES string of the molecule is O=C(CC1CC2(CCN(C(=O)c3cccs3)CC2)c2ccccc21)N1CCOCC1. The van der Waals surface area contributed by atoms with E-state index in [9.17, 15) is 9.59 Å². The Morgan fingerprint density at radius 1 is 1.00 bits per heavy atom. The van der Waals surface area contributed by atoms with Crippen LogP contribution in [0.5, 0.6) is 0 Å². The highest BCUT2D eigenvalue weighted by atomic mass is 32.1. The van der Waals surface area contributed by atoms with E-state index in [2.05, 4.69) is 24.3 Å². The van der Waals surface area contributed by atoms with Crippen molar-refractivity contribution in [2.75, 3.05) is 39.4 Å². The number of nitrogens with zero attached hydrogens (tertiary/aromatic N) is 2. The lowest BCUT2D eigenvalue weighted by Gasteiger charge is -2.40. The molecular weight excluding hydrogens is 396 g/mol. The number of carbonyl (C=O) groups excluding carboxylic acids is 2. The van der Waals surface area contributed by atoms with Gasteiger partial charge in [-0.05, 0) is 53.2 Å². The summed E-state index contributed by atoms with van der Waals surface area (Å²) < 4.78 is 5.40. The molecule has 2 fully saturated rings. The third-order valence-electron chi connectivity index (χ3n) is 7.13. The molecule has 0 radical (unpaired) electrons. The molecule has 5 nitrogen and oxygen atoms in total. The number of thiophene rings is 1. The molecule has 1 atom stereocenters. The minimum atomic E-state index is 0.0960. The summed E-state index contributed by atoms with van der Waals surface area (Å²) in [4.78, 5) is 30.5. The van der Waals surface area contributed by atoms with E-state index >= 15 is 0 Å². The second-order valence-corrected chi connectivity index (χ2v) is 9.68. The number of likely N-dealkylation sites (tertiary alicyclic amines) is 1. The maximum atomic E-state index is 12.9. The molecule has 0 saturated carbocycles. The molecule has 158 valence electrons. The van der Waals surface area contributed by atoms with Crippen molar-refractivity contribution in [3.05, 3.63) is 57.8 Å². The fourth-order valence-electron chi connectivity index (χ4n) is 5.53. The van der Waals surface area contributed by atoms with Crippen LogP contribution in [0.15, 0.2) is 41.8 Å². The Labute approximate surface area is 181 Å². The summed E-state index contributed by atoms with van der Waals surface area (Å²) in [5.74, 6) is 0.682. The Morgan fingerprint density at radius 3 is 2.50 bits per heavy atom. The van der Waals surface area contributed by atoms with Gasteiger partial charge < -0.3 is 14.5 Å². The molecule has 2 aromatic rings. The van der Waals surface area contributed by atoms with Crippen molar-refractivity contribution in [3.63, 3.8) is 0 Å². The van der Waals surface area contributed by atoms with Gasteiger partial charge in [0.05, 0.1) is 18.1 Å². The van der Waals surface area contributed by atoms with Crippen LogP contribution in [0.4, 0.5) is 0 Å². The van der Waals surface area contributed by atoms with Gasteiger partial charge in [-0.2, -0.15) is 0 Å². The first-order valence-corrected chi connectivity index (χ1v) is 11.8. The minimum Gasteiger partial charge on any atom is -0.378 e. The zero-order valence-electron chi connectivity index (χ0n) is 17.2. The van der Waals surface area contributed by atoms with Crippen LogP contribution in [-0.4, -0.2) is 61.0 Å². The van der Waals surface area contributed by atoms with Gasteiger partial charge >= 0.3 is 0 Å². The Kier molecular flexibility index (Phi) is 5.37. The molecule has 0 bridgehead atoms. The van der Waals surface area contributed by atoms with Crippen molar-refractivity contribution in [2.45, 2.75) is 37.0 Å². The molecule has 6 heteroatoms. The summed E-state index contributed by atoms with van der Waals surface area (Å²) in [6.07, 6.45) is 3.55. The number of benzene rings is 1. The van der Waals surface area contributed by atoms with Crippen LogP contribution < -0.4 is 0 Å². The van der Waals surface area contributed by atoms with Crippen LogP contribution in [0.1, 0.15) is 52.4 Å². The maximum Gasteiger partial charge on any atom is 0.263 e. The molecule has 1 aromatic carbocycles. The highest BCUT2D eigenvalue weighted by Crippen LogP contribution is 2.52. The van der Waals surface area contributed by atoms with Crippen molar-refractivity contribution in [3.8, 4) is 0 Å². The molecule has 1 aliphatic carbocycles. The van der Waals surface area contributed by atoms with Crippen LogP contribution in [0, 0.1) is 0 Å². The molecule has 2 aliphatic heterocycles. The van der Waals surface area contributed by atoms with Gasteiger partial charge in [-0.25, -0.2) is 0 Å². The van der Waals surface area contributed by atoms with Crippen LogP contribution >= 0.6 is 11.3 Å². The molecule has 1 spiro atoms. The molecule has 2 saturated heterocycles. The lowest BCUT2D eigenvalue weighted by molar-refractivity contribution is -0.135. The van der Waals surface area contributed by atoms with E-state index in [1.807, 2.05) is 27.3 Å². The van der Waals surface area contributed by atoms with E-state index in [1.54, 1.807) is 0 Å². The lowest BCUT2D eigenvalue weighted by Crippen LogP contribution is -2.44. The van der Waals surface area contributed by atoms with Gasteiger partial charge in [0.1, 0.15) is 0 Å². The molecule has 5 rings (SSSR count). The Balaban J connectivity index is 1.31. The van der Waals surface area contributed by atoms with E-state index in [0.29, 0.717) is 32.7 Å². The molecule has 3 aliphatic rings. The topological polar surface area (TPSA) is 49.9 Å². The first-order chi connectivity index (χ1) is 14.7. The van der Waals surface area contributed by atoms with Gasteiger partial charge in [-0.15, -0.1) is 11.3 Å². The largest absolute Gasteiger partial charge is 0.378 e. The molecule has 3 heterocycles. The zero-order valence-corrected chi connectivity index (χ0v) is 18.0. The van der Waals surface area contributed by atoms with E-state index in [-0.39, 0.29) is 23.1 Å². The summed E-state index contributed by atoms with van der Waals surface area (Å²) >= 11 is 1.52. The highest BCUT2D eigenvalue weighted by molar-refractivity contribution is 7.12. The lowest BCUT2D eigenvalue weighted by atomic mass is 9.73. The fraction of sp³-hybridized carbons (Fsp3) is 0.500. The summed E-state index contributed by atoms with van der Waals surface area (Å²) in [5, 5.41) is 1.96. The minimum absolute atomic E-state index is 0.0960. The molecule has 1 unspecified atom stereocenters. The van der Waals surface area contributed by atoms with Crippen molar-refractivity contribution in [1.29, 1.82) is 0 Å². The van der Waals surface area contributed by atoms with Gasteiger partial charge in [0.15, 0.2) is 0 Å². The Hall–Kier alpha value is -2.18. The molecule has 1 aromatic heterocycles. The predicted octanol–water partition coefficient (Wildman–Crippen LogP) is 3.66. The quantitative estimate of drug-likeness (QED) is 0.756. The normalized spacial score (nSPS) is 22.9. The first kappa shape index (κ1) is 19.8. The number of morpholine rings is 1. The number of amides is 2. The number of fused-ring (bicyclic) bond motifs is 2. The third kappa shape index (κ3) is 3.56. The van der Waals surface area contributed by atoms with Crippen LogP contribution in [0.3, 0.4) is 0 Å². The average Bonchev–Trinajstić information content (AvgIpc) is 3.43. The van der Waals surface area contributed by atoms with Crippen LogP contribution in [0.2, 0.25) is 0 Å². The average molecular weight is 425 g/mol. The Morgan fingerprint density at radius 2 is 1.77 bits per heavy atom. The van der Waals surface area contributed by atoms with Crippen molar-refractivity contribution in [1.82, 2.24) is 9.80 Å². The van der Waals surface area contributed by atoms with Gasteiger partial charge in [0, 0.05) is 32.6 Å². The van der Waals surface area contributed by atoms with Crippen molar-refractivity contribution < 1.29 is 14.3 Å². The zero-order chi connectivity index (χ0) is 20.6. The van der Waals surface area contributed by atoms with Gasteiger partial charge in [0.25, 0.3) is 5.91 Å². The molecule has 2 amide bonds. The number of carbonyl (C=O) groups is 2. The molecule has 0 N–H and O–H groups in total. The van der Waals surface area contributed by atoms with Gasteiger partial charge in [-0.1, -0.05) is 30.3 Å². The summed E-state index contributed by atoms with van der Waals surface area (Å²) in [6.45, 7) is 4.27. The number of hydrogen-bond acceptors (Lipinski definition) is 4. The van der Waals surface area contributed by atoms with Crippen LogP contribution in [0.25, 0.3) is 0 Å².